The van der Waals surface area contributed by atoms with Crippen molar-refractivity contribution in [1.82, 2.24) is 14.7 Å². The molecule has 140 valence electrons. The number of ether oxygens (including phenoxy) is 1. The summed E-state index contributed by atoms with van der Waals surface area (Å²) >= 11 is 0. The number of carbonyl (C=O) groups is 2. The molecule has 2 aromatic rings. The fourth-order valence-electron chi connectivity index (χ4n) is 3.27. The van der Waals surface area contributed by atoms with Gasteiger partial charge in [0.1, 0.15) is 11.9 Å². The van der Waals surface area contributed by atoms with E-state index in [-0.39, 0.29) is 24.3 Å². The van der Waals surface area contributed by atoms with E-state index in [0.717, 1.165) is 42.6 Å². The predicted octanol–water partition coefficient (Wildman–Crippen LogP) is 2.54. The van der Waals surface area contributed by atoms with Crippen molar-refractivity contribution in [2.24, 2.45) is 5.92 Å². The maximum absolute atomic E-state index is 12.0. The van der Waals surface area contributed by atoms with E-state index >= 15 is 0 Å². The maximum atomic E-state index is 12.0. The first-order valence-corrected chi connectivity index (χ1v) is 9.07. The molecule has 1 fully saturated rings. The van der Waals surface area contributed by atoms with Crippen LogP contribution in [0.3, 0.4) is 0 Å². The Balaban J connectivity index is 1.60. The second-order valence-corrected chi connectivity index (χ2v) is 7.03. The van der Waals surface area contributed by atoms with Crippen LogP contribution in [0.4, 0.5) is 0 Å². The molecule has 7 nitrogen and oxygen atoms in total. The molecular formula is C19H25N3O4. The van der Waals surface area contributed by atoms with Gasteiger partial charge < -0.3 is 14.7 Å². The lowest BCUT2D eigenvalue weighted by atomic mass is 10.1. The van der Waals surface area contributed by atoms with Gasteiger partial charge in [0.2, 0.25) is 5.91 Å². The van der Waals surface area contributed by atoms with Gasteiger partial charge in [0, 0.05) is 37.2 Å². The van der Waals surface area contributed by atoms with Crippen LogP contribution < -0.4 is 4.74 Å². The van der Waals surface area contributed by atoms with Crippen LogP contribution in [-0.4, -0.2) is 50.9 Å². The number of aryl methyl sites for hydroxylation is 1. The van der Waals surface area contributed by atoms with Crippen LogP contribution in [0.1, 0.15) is 33.1 Å². The van der Waals surface area contributed by atoms with Crippen LogP contribution in [0.2, 0.25) is 0 Å². The van der Waals surface area contributed by atoms with E-state index in [1.165, 1.54) is 0 Å². The Bertz CT molecular complexity index is 791. The maximum Gasteiger partial charge on any atom is 0.305 e. The fourth-order valence-corrected chi connectivity index (χ4v) is 3.27. The number of rotatable bonds is 6. The highest BCUT2D eigenvalue weighted by atomic mass is 16.5. The lowest BCUT2D eigenvalue weighted by Gasteiger charge is -2.33. The van der Waals surface area contributed by atoms with Crippen molar-refractivity contribution in [2.45, 2.75) is 45.8 Å². The third-order valence-electron chi connectivity index (χ3n) is 4.70. The van der Waals surface area contributed by atoms with Crippen molar-refractivity contribution in [3.63, 3.8) is 0 Å². The number of carboxylic acids is 1. The Morgan fingerprint density at radius 3 is 2.69 bits per heavy atom. The molecule has 1 aliphatic rings. The standard InChI is InChI=1S/C19H25N3O4/c1-13(2)19(25)21-8-5-15(6-9-21)26-16-3-4-17-14(11-16)12-20-22(17)10-7-18(23)24/h3-4,11-13,15H,5-10H2,1-2H3,(H,23,24). The van der Waals surface area contributed by atoms with Crippen LogP contribution in [0.25, 0.3) is 10.9 Å². The zero-order valence-electron chi connectivity index (χ0n) is 15.2. The molecule has 0 atom stereocenters. The summed E-state index contributed by atoms with van der Waals surface area (Å²) in [6, 6.07) is 5.75. The quantitative estimate of drug-likeness (QED) is 0.857. The van der Waals surface area contributed by atoms with Gasteiger partial charge in [-0.2, -0.15) is 5.10 Å². The van der Waals surface area contributed by atoms with E-state index in [1.54, 1.807) is 10.9 Å². The first kappa shape index (κ1) is 18.2. The summed E-state index contributed by atoms with van der Waals surface area (Å²) < 4.78 is 7.79. The smallest absolute Gasteiger partial charge is 0.305 e. The van der Waals surface area contributed by atoms with Gasteiger partial charge >= 0.3 is 5.97 Å². The molecule has 1 N–H and O–H groups in total. The summed E-state index contributed by atoms with van der Waals surface area (Å²) in [7, 11) is 0. The third-order valence-corrected chi connectivity index (χ3v) is 4.70. The number of carbonyl (C=O) groups excluding carboxylic acids is 1. The largest absolute Gasteiger partial charge is 0.490 e. The van der Waals surface area contributed by atoms with E-state index in [2.05, 4.69) is 5.10 Å². The van der Waals surface area contributed by atoms with Crippen molar-refractivity contribution >= 4 is 22.8 Å². The predicted molar refractivity (Wildman–Crippen MR) is 97.1 cm³/mol. The Morgan fingerprint density at radius 1 is 1.31 bits per heavy atom. The number of carboxylic acid groups (broad SMARTS) is 1. The van der Waals surface area contributed by atoms with Gasteiger partial charge in [-0.15, -0.1) is 0 Å². The second-order valence-electron chi connectivity index (χ2n) is 7.03. The van der Waals surface area contributed by atoms with Crippen LogP contribution >= 0.6 is 0 Å². The highest BCUT2D eigenvalue weighted by Gasteiger charge is 2.25. The number of hydrogen-bond acceptors (Lipinski definition) is 4. The number of amides is 1. The van der Waals surface area contributed by atoms with E-state index < -0.39 is 5.97 Å². The molecule has 26 heavy (non-hydrogen) atoms. The van der Waals surface area contributed by atoms with Gasteiger partial charge in [0.25, 0.3) is 0 Å². The molecule has 1 saturated heterocycles. The molecule has 0 bridgehead atoms. The average molecular weight is 359 g/mol. The molecule has 3 rings (SSSR count). The zero-order valence-corrected chi connectivity index (χ0v) is 15.2. The van der Waals surface area contributed by atoms with Crippen LogP contribution in [-0.2, 0) is 16.1 Å². The Hall–Kier alpha value is -2.57. The van der Waals surface area contributed by atoms with Crippen molar-refractivity contribution in [3.05, 3.63) is 24.4 Å². The summed E-state index contributed by atoms with van der Waals surface area (Å²) in [5, 5.41) is 14.0. The monoisotopic (exact) mass is 359 g/mol. The first-order valence-electron chi connectivity index (χ1n) is 9.07. The van der Waals surface area contributed by atoms with Crippen molar-refractivity contribution in [3.8, 4) is 5.75 Å². The van der Waals surface area contributed by atoms with Gasteiger partial charge in [-0.05, 0) is 18.2 Å². The number of fused-ring (bicyclic) bond motifs is 1. The summed E-state index contributed by atoms with van der Waals surface area (Å²) in [5.74, 6) is 0.186. The van der Waals surface area contributed by atoms with Gasteiger partial charge in [0.15, 0.2) is 0 Å². The van der Waals surface area contributed by atoms with E-state index in [9.17, 15) is 9.59 Å². The topological polar surface area (TPSA) is 84.7 Å². The van der Waals surface area contributed by atoms with Crippen molar-refractivity contribution in [1.29, 1.82) is 0 Å². The molecule has 0 spiro atoms. The molecule has 2 heterocycles. The molecule has 1 aromatic heterocycles. The highest BCUT2D eigenvalue weighted by Crippen LogP contribution is 2.24. The average Bonchev–Trinajstić information content (AvgIpc) is 3.02. The summed E-state index contributed by atoms with van der Waals surface area (Å²) in [6.45, 7) is 5.67. The molecule has 1 amide bonds. The molecular weight excluding hydrogens is 334 g/mol. The molecule has 0 radical (unpaired) electrons. The molecule has 0 saturated carbocycles. The summed E-state index contributed by atoms with van der Waals surface area (Å²) in [5.41, 5.74) is 0.899. The molecule has 1 aliphatic heterocycles. The Labute approximate surface area is 152 Å². The van der Waals surface area contributed by atoms with Crippen molar-refractivity contribution in [2.75, 3.05) is 13.1 Å². The number of aliphatic carboxylic acids is 1. The van der Waals surface area contributed by atoms with E-state index in [1.807, 2.05) is 36.9 Å². The molecule has 0 unspecified atom stereocenters. The first-order chi connectivity index (χ1) is 12.4. The minimum atomic E-state index is -0.837. The second kappa shape index (κ2) is 7.76. The Kier molecular flexibility index (Phi) is 5.44. The Morgan fingerprint density at radius 2 is 2.04 bits per heavy atom. The number of nitrogens with zero attached hydrogens (tertiary/aromatic N) is 3. The van der Waals surface area contributed by atoms with Crippen LogP contribution in [0.15, 0.2) is 24.4 Å². The fraction of sp³-hybridized carbons (Fsp3) is 0.526. The van der Waals surface area contributed by atoms with Crippen LogP contribution in [0.5, 0.6) is 5.75 Å². The lowest BCUT2D eigenvalue weighted by molar-refractivity contribution is -0.137. The molecule has 7 heteroatoms. The number of benzene rings is 1. The number of aromatic nitrogens is 2. The molecule has 0 aliphatic carbocycles. The van der Waals surface area contributed by atoms with Crippen molar-refractivity contribution < 1.29 is 19.4 Å². The normalized spacial score (nSPS) is 15.6. The summed E-state index contributed by atoms with van der Waals surface area (Å²) in [6.07, 6.45) is 3.53. The lowest BCUT2D eigenvalue weighted by Crippen LogP contribution is -2.43. The van der Waals surface area contributed by atoms with Gasteiger partial charge in [-0.25, -0.2) is 0 Å². The number of likely N-dealkylation sites (tertiary alicyclic amines) is 1. The van der Waals surface area contributed by atoms with Gasteiger partial charge in [-0.3, -0.25) is 14.3 Å². The zero-order chi connectivity index (χ0) is 18.7. The summed E-state index contributed by atoms with van der Waals surface area (Å²) in [4.78, 5) is 24.7. The SMILES string of the molecule is CC(C)C(=O)N1CCC(Oc2ccc3c(cnn3CCC(=O)O)c2)CC1. The highest BCUT2D eigenvalue weighted by molar-refractivity contribution is 5.80. The van der Waals surface area contributed by atoms with Gasteiger partial charge in [-0.1, -0.05) is 13.8 Å². The van der Waals surface area contributed by atoms with Gasteiger partial charge in [0.05, 0.1) is 24.7 Å². The van der Waals surface area contributed by atoms with E-state index in [4.69, 9.17) is 9.84 Å². The van der Waals surface area contributed by atoms with E-state index in [0.29, 0.717) is 6.54 Å². The molecule has 1 aromatic carbocycles. The minimum absolute atomic E-state index is 0.0348. The van der Waals surface area contributed by atoms with Crippen LogP contribution in [0, 0.1) is 5.92 Å². The number of piperidine rings is 1. The third kappa shape index (κ3) is 4.15. The minimum Gasteiger partial charge on any atom is -0.490 e. The number of hydrogen-bond donors (Lipinski definition) is 1.